The van der Waals surface area contributed by atoms with E-state index in [4.69, 9.17) is 23.1 Å². The second-order valence-electron chi connectivity index (χ2n) is 5.14. The second-order valence-corrected chi connectivity index (χ2v) is 5.55. The molecule has 0 spiro atoms. The summed E-state index contributed by atoms with van der Waals surface area (Å²) in [5.74, 6) is -0.0435. The molecule has 6 heteroatoms. The number of primary amides is 1. The number of likely N-dealkylation sites (tertiary alicyclic amines) is 1. The molecule has 1 aromatic carbocycles. The fourth-order valence-corrected chi connectivity index (χ4v) is 2.60. The molecule has 1 aromatic rings. The highest BCUT2D eigenvalue weighted by atomic mass is 35.5. The maximum atomic E-state index is 12.3. The normalized spacial score (nSPS) is 16.1. The number of benzene rings is 1. The van der Waals surface area contributed by atoms with Crippen LogP contribution < -0.4 is 11.5 Å². The lowest BCUT2D eigenvalue weighted by molar-refractivity contribution is -0.119. The van der Waals surface area contributed by atoms with Crippen LogP contribution in [0.3, 0.4) is 0 Å². The van der Waals surface area contributed by atoms with Crippen LogP contribution in [-0.2, 0) is 4.79 Å². The van der Waals surface area contributed by atoms with E-state index in [1.54, 1.807) is 23.1 Å². The summed E-state index contributed by atoms with van der Waals surface area (Å²) in [5, 5.41) is 0.446. The van der Waals surface area contributed by atoms with Crippen molar-refractivity contribution in [3.05, 3.63) is 28.8 Å². The molecule has 4 N–H and O–H groups in total. The fourth-order valence-electron chi connectivity index (χ4n) is 2.48. The van der Waals surface area contributed by atoms with Gasteiger partial charge in [-0.3, -0.25) is 9.59 Å². The summed E-state index contributed by atoms with van der Waals surface area (Å²) < 4.78 is 0. The van der Waals surface area contributed by atoms with Gasteiger partial charge in [0.25, 0.3) is 5.91 Å². The Morgan fingerprint density at radius 1 is 1.30 bits per heavy atom. The molecule has 0 bridgehead atoms. The van der Waals surface area contributed by atoms with E-state index < -0.39 is 0 Å². The lowest BCUT2D eigenvalue weighted by Gasteiger charge is -2.31. The summed E-state index contributed by atoms with van der Waals surface area (Å²) in [6, 6.07) is 4.90. The highest BCUT2D eigenvalue weighted by Crippen LogP contribution is 2.24. The molecule has 0 unspecified atom stereocenters. The number of nitrogen functional groups attached to an aromatic ring is 1. The zero-order chi connectivity index (χ0) is 14.7. The van der Waals surface area contributed by atoms with Crippen molar-refractivity contribution in [2.75, 3.05) is 18.8 Å². The SMILES string of the molecule is NC(=O)CC1CCN(C(=O)c2ccc(Cl)c(N)c2)CC1. The third-order valence-electron chi connectivity index (χ3n) is 3.63. The number of hydrogen-bond donors (Lipinski definition) is 2. The predicted octanol–water partition coefficient (Wildman–Crippen LogP) is 1.65. The van der Waals surface area contributed by atoms with Crippen LogP contribution >= 0.6 is 11.6 Å². The molecule has 0 aromatic heterocycles. The van der Waals surface area contributed by atoms with Gasteiger partial charge in [-0.1, -0.05) is 11.6 Å². The number of hydrogen-bond acceptors (Lipinski definition) is 3. The maximum absolute atomic E-state index is 12.3. The number of nitrogens with two attached hydrogens (primary N) is 2. The third kappa shape index (κ3) is 3.42. The van der Waals surface area contributed by atoms with Crippen molar-refractivity contribution in [1.82, 2.24) is 4.90 Å². The largest absolute Gasteiger partial charge is 0.398 e. The van der Waals surface area contributed by atoms with Gasteiger partial charge < -0.3 is 16.4 Å². The molecule has 1 aliphatic heterocycles. The number of carbonyl (C=O) groups is 2. The Bertz CT molecular complexity index is 525. The van der Waals surface area contributed by atoms with Crippen molar-refractivity contribution in [1.29, 1.82) is 0 Å². The Kier molecular flexibility index (Phi) is 4.49. The van der Waals surface area contributed by atoms with Crippen molar-refractivity contribution in [3.63, 3.8) is 0 Å². The molecule has 1 saturated heterocycles. The standard InChI is InChI=1S/C14H18ClN3O2/c15-11-2-1-10(8-12(11)16)14(20)18-5-3-9(4-6-18)7-13(17)19/h1-2,8-9H,3-7,16H2,(H2,17,19). The van der Waals surface area contributed by atoms with E-state index in [1.165, 1.54) is 0 Å². The van der Waals surface area contributed by atoms with Crippen LogP contribution in [0.25, 0.3) is 0 Å². The Morgan fingerprint density at radius 2 is 1.95 bits per heavy atom. The number of anilines is 1. The average Bonchev–Trinajstić information content (AvgIpc) is 2.41. The van der Waals surface area contributed by atoms with E-state index in [0.29, 0.717) is 35.8 Å². The topological polar surface area (TPSA) is 89.4 Å². The van der Waals surface area contributed by atoms with E-state index >= 15 is 0 Å². The minimum Gasteiger partial charge on any atom is -0.398 e. The first-order chi connectivity index (χ1) is 9.47. The van der Waals surface area contributed by atoms with Crippen LogP contribution in [0.5, 0.6) is 0 Å². The molecular formula is C14H18ClN3O2. The van der Waals surface area contributed by atoms with E-state index in [-0.39, 0.29) is 17.7 Å². The van der Waals surface area contributed by atoms with Crippen LogP contribution in [0.15, 0.2) is 18.2 Å². The van der Waals surface area contributed by atoms with Crippen LogP contribution in [0.2, 0.25) is 5.02 Å². The highest BCUT2D eigenvalue weighted by Gasteiger charge is 2.24. The Hall–Kier alpha value is -1.75. The lowest BCUT2D eigenvalue weighted by atomic mass is 9.93. The monoisotopic (exact) mass is 295 g/mol. The molecule has 1 heterocycles. The Morgan fingerprint density at radius 3 is 2.50 bits per heavy atom. The molecule has 0 radical (unpaired) electrons. The van der Waals surface area contributed by atoms with Gasteiger partial charge in [0, 0.05) is 25.1 Å². The van der Waals surface area contributed by atoms with Gasteiger partial charge in [0.05, 0.1) is 10.7 Å². The molecule has 2 amide bonds. The van der Waals surface area contributed by atoms with Crippen molar-refractivity contribution >= 4 is 29.1 Å². The van der Waals surface area contributed by atoms with Crippen LogP contribution in [0, 0.1) is 5.92 Å². The highest BCUT2D eigenvalue weighted by molar-refractivity contribution is 6.33. The van der Waals surface area contributed by atoms with Gasteiger partial charge in [0.1, 0.15) is 0 Å². The number of piperidine rings is 1. The molecule has 0 atom stereocenters. The van der Waals surface area contributed by atoms with Crippen LogP contribution in [0.4, 0.5) is 5.69 Å². The van der Waals surface area contributed by atoms with Gasteiger partial charge >= 0.3 is 0 Å². The number of nitrogens with zero attached hydrogens (tertiary/aromatic N) is 1. The molecule has 5 nitrogen and oxygen atoms in total. The lowest BCUT2D eigenvalue weighted by Crippen LogP contribution is -2.39. The van der Waals surface area contributed by atoms with E-state index in [0.717, 1.165) is 12.8 Å². The van der Waals surface area contributed by atoms with Gasteiger partial charge in [0.2, 0.25) is 5.91 Å². The minimum atomic E-state index is -0.278. The zero-order valence-electron chi connectivity index (χ0n) is 11.1. The molecule has 20 heavy (non-hydrogen) atoms. The van der Waals surface area contributed by atoms with Crippen molar-refractivity contribution in [2.24, 2.45) is 11.7 Å². The Labute approximate surface area is 122 Å². The number of carbonyl (C=O) groups excluding carboxylic acids is 2. The first-order valence-electron chi connectivity index (χ1n) is 6.60. The quantitative estimate of drug-likeness (QED) is 0.831. The molecule has 0 saturated carbocycles. The van der Waals surface area contributed by atoms with E-state index in [9.17, 15) is 9.59 Å². The van der Waals surface area contributed by atoms with E-state index in [1.807, 2.05) is 0 Å². The first-order valence-corrected chi connectivity index (χ1v) is 6.97. The smallest absolute Gasteiger partial charge is 0.253 e. The summed E-state index contributed by atoms with van der Waals surface area (Å²) in [4.78, 5) is 25.0. The molecule has 108 valence electrons. The van der Waals surface area contributed by atoms with Gasteiger partial charge in [-0.25, -0.2) is 0 Å². The Balaban J connectivity index is 1.97. The summed E-state index contributed by atoms with van der Waals surface area (Å²) in [6.45, 7) is 1.28. The fraction of sp³-hybridized carbons (Fsp3) is 0.429. The summed E-state index contributed by atoms with van der Waals surface area (Å²) in [5.41, 5.74) is 11.9. The maximum Gasteiger partial charge on any atom is 0.253 e. The van der Waals surface area contributed by atoms with Crippen molar-refractivity contribution in [3.8, 4) is 0 Å². The second kappa shape index (κ2) is 6.13. The summed E-state index contributed by atoms with van der Waals surface area (Å²) >= 11 is 5.84. The van der Waals surface area contributed by atoms with Crippen LogP contribution in [-0.4, -0.2) is 29.8 Å². The predicted molar refractivity (Wildman–Crippen MR) is 78.3 cm³/mol. The van der Waals surface area contributed by atoms with Gasteiger partial charge in [-0.05, 0) is 37.0 Å². The van der Waals surface area contributed by atoms with E-state index in [2.05, 4.69) is 0 Å². The zero-order valence-corrected chi connectivity index (χ0v) is 11.9. The minimum absolute atomic E-state index is 0.0501. The molecule has 2 rings (SSSR count). The number of amides is 2. The third-order valence-corrected chi connectivity index (χ3v) is 3.98. The number of rotatable bonds is 3. The van der Waals surface area contributed by atoms with Gasteiger partial charge in [-0.2, -0.15) is 0 Å². The molecular weight excluding hydrogens is 278 g/mol. The molecule has 0 aliphatic carbocycles. The van der Waals surface area contributed by atoms with Gasteiger partial charge in [-0.15, -0.1) is 0 Å². The summed E-state index contributed by atoms with van der Waals surface area (Å²) in [7, 11) is 0. The van der Waals surface area contributed by atoms with Crippen LogP contribution in [0.1, 0.15) is 29.6 Å². The number of halogens is 1. The van der Waals surface area contributed by atoms with Crippen molar-refractivity contribution in [2.45, 2.75) is 19.3 Å². The molecule has 1 aliphatic rings. The average molecular weight is 296 g/mol. The first kappa shape index (κ1) is 14.7. The molecule has 1 fully saturated rings. The van der Waals surface area contributed by atoms with Gasteiger partial charge in [0.15, 0.2) is 0 Å². The summed E-state index contributed by atoms with van der Waals surface area (Å²) in [6.07, 6.45) is 2.01. The van der Waals surface area contributed by atoms with Crippen molar-refractivity contribution < 1.29 is 9.59 Å².